The van der Waals surface area contributed by atoms with E-state index in [4.69, 9.17) is 9.84 Å². The van der Waals surface area contributed by atoms with Crippen LogP contribution in [0.2, 0.25) is 0 Å². The molecule has 88 valence electrons. The van der Waals surface area contributed by atoms with E-state index < -0.39 is 12.6 Å². The van der Waals surface area contributed by atoms with Gasteiger partial charge in [-0.1, -0.05) is 0 Å². The molecular weight excluding hydrogens is 214 g/mol. The minimum atomic E-state index is -1.07. The number of carbonyl (C=O) groups is 1. The van der Waals surface area contributed by atoms with E-state index in [-0.39, 0.29) is 0 Å². The number of hydrogen-bond donors (Lipinski definition) is 2. The van der Waals surface area contributed by atoms with Gasteiger partial charge in [-0.25, -0.2) is 15.3 Å². The van der Waals surface area contributed by atoms with Gasteiger partial charge in [-0.2, -0.15) is 4.98 Å². The molecule has 1 rings (SSSR count). The minimum Gasteiger partial charge on any atom is -0.479 e. The first-order valence-corrected chi connectivity index (χ1v) is 4.70. The average Bonchev–Trinajstić information content (AvgIpc) is 2.16. The van der Waals surface area contributed by atoms with Crippen molar-refractivity contribution >= 4 is 11.8 Å². The molecule has 1 aromatic heterocycles. The molecule has 0 aliphatic carbocycles. The fourth-order valence-electron chi connectivity index (χ4n) is 0.986. The van der Waals surface area contributed by atoms with Crippen molar-refractivity contribution in [2.45, 2.75) is 13.8 Å². The third kappa shape index (κ3) is 4.09. The molecule has 7 heteroatoms. The Labute approximate surface area is 92.4 Å². The zero-order valence-electron chi connectivity index (χ0n) is 9.06. The van der Waals surface area contributed by atoms with E-state index in [0.717, 1.165) is 0 Å². The largest absolute Gasteiger partial charge is 0.479 e. The lowest BCUT2D eigenvalue weighted by molar-refractivity contribution is -0.141. The number of aliphatic carboxylic acids is 1. The van der Waals surface area contributed by atoms with Crippen LogP contribution in [0.15, 0.2) is 6.07 Å². The van der Waals surface area contributed by atoms with E-state index >= 15 is 0 Å². The van der Waals surface area contributed by atoms with Crippen LogP contribution in [0.3, 0.4) is 0 Å². The second-order valence-electron chi connectivity index (χ2n) is 2.86. The minimum absolute atomic E-state index is 0.359. The van der Waals surface area contributed by atoms with Crippen molar-refractivity contribution in [1.82, 2.24) is 9.97 Å². The Balaban J connectivity index is 2.61. The molecule has 2 N–H and O–H groups in total. The fraction of sp³-hybridized carbons (Fsp3) is 0.444. The number of carboxylic acids is 1. The van der Waals surface area contributed by atoms with Crippen LogP contribution in [0.4, 0.5) is 5.82 Å². The van der Waals surface area contributed by atoms with Crippen molar-refractivity contribution in [2.75, 3.05) is 18.7 Å². The normalized spacial score (nSPS) is 9.88. The molecule has 0 atom stereocenters. The van der Waals surface area contributed by atoms with Crippen LogP contribution >= 0.6 is 0 Å². The molecule has 16 heavy (non-hydrogen) atoms. The van der Waals surface area contributed by atoms with Gasteiger partial charge in [-0.15, -0.1) is 0 Å². The van der Waals surface area contributed by atoms with Crippen molar-refractivity contribution in [1.29, 1.82) is 0 Å². The van der Waals surface area contributed by atoms with Gasteiger partial charge in [-0.3, -0.25) is 4.84 Å². The lowest BCUT2D eigenvalue weighted by Crippen LogP contribution is -2.12. The Hall–Kier alpha value is -1.89. The Morgan fingerprint density at radius 2 is 2.31 bits per heavy atom. The van der Waals surface area contributed by atoms with Gasteiger partial charge in [0.25, 0.3) is 0 Å². The molecule has 1 heterocycles. The summed E-state index contributed by atoms with van der Waals surface area (Å²) in [6.07, 6.45) is 0. The second kappa shape index (κ2) is 5.86. The average molecular weight is 227 g/mol. The molecule has 0 aliphatic rings. The van der Waals surface area contributed by atoms with Crippen LogP contribution in [0.5, 0.6) is 5.88 Å². The molecule has 0 aromatic carbocycles. The van der Waals surface area contributed by atoms with Crippen molar-refractivity contribution in [3.8, 4) is 5.88 Å². The topological polar surface area (TPSA) is 93.6 Å². The summed E-state index contributed by atoms with van der Waals surface area (Å²) in [4.78, 5) is 22.9. The van der Waals surface area contributed by atoms with Crippen LogP contribution in [-0.2, 0) is 9.63 Å². The number of carboxylic acid groups (broad SMARTS) is 1. The van der Waals surface area contributed by atoms with Crippen LogP contribution in [0, 0.1) is 6.92 Å². The monoisotopic (exact) mass is 227 g/mol. The number of anilines is 1. The van der Waals surface area contributed by atoms with E-state index in [2.05, 4.69) is 20.3 Å². The Morgan fingerprint density at radius 1 is 1.56 bits per heavy atom. The highest BCUT2D eigenvalue weighted by molar-refractivity contribution is 5.68. The number of rotatable bonds is 6. The molecule has 0 unspecified atom stereocenters. The summed E-state index contributed by atoms with van der Waals surface area (Å²) in [5.74, 6) is 0.212. The van der Waals surface area contributed by atoms with E-state index in [1.165, 1.54) is 6.07 Å². The summed E-state index contributed by atoms with van der Waals surface area (Å²) in [6.45, 7) is 3.58. The molecule has 0 spiro atoms. The van der Waals surface area contributed by atoms with Crippen LogP contribution in [0.25, 0.3) is 0 Å². The third-order valence-corrected chi connectivity index (χ3v) is 1.48. The molecule has 0 bridgehead atoms. The molecule has 0 saturated heterocycles. The van der Waals surface area contributed by atoms with Crippen molar-refractivity contribution in [2.24, 2.45) is 0 Å². The smallest absolute Gasteiger partial charge is 0.332 e. The Bertz CT molecular complexity index is 370. The van der Waals surface area contributed by atoms with Gasteiger partial charge in [0.15, 0.2) is 12.4 Å². The maximum atomic E-state index is 10.2. The maximum Gasteiger partial charge on any atom is 0.332 e. The van der Waals surface area contributed by atoms with Crippen molar-refractivity contribution in [3.05, 3.63) is 11.9 Å². The molecule has 0 amide bonds. The highest BCUT2D eigenvalue weighted by atomic mass is 16.7. The van der Waals surface area contributed by atoms with Gasteiger partial charge < -0.3 is 9.84 Å². The SMILES string of the molecule is CCOc1cc(NOCC(=O)O)nc(C)n1. The zero-order valence-corrected chi connectivity index (χ0v) is 9.06. The van der Waals surface area contributed by atoms with Crippen molar-refractivity contribution in [3.63, 3.8) is 0 Å². The molecule has 1 aromatic rings. The predicted octanol–water partition coefficient (Wildman–Crippen LogP) is 0.612. The standard InChI is InChI=1S/C9H13N3O4/c1-3-15-8-4-7(10-6(2)11-8)12-16-5-9(13)14/h4H,3,5H2,1-2H3,(H,13,14)(H,10,11,12). The number of aryl methyl sites for hydroxylation is 1. The van der Waals surface area contributed by atoms with Gasteiger partial charge in [0.2, 0.25) is 5.88 Å². The van der Waals surface area contributed by atoms with E-state index in [1.807, 2.05) is 6.92 Å². The van der Waals surface area contributed by atoms with Gasteiger partial charge in [0.05, 0.1) is 6.61 Å². The zero-order chi connectivity index (χ0) is 12.0. The van der Waals surface area contributed by atoms with Gasteiger partial charge in [0.1, 0.15) is 5.82 Å². The molecule has 0 radical (unpaired) electrons. The van der Waals surface area contributed by atoms with Gasteiger partial charge in [-0.05, 0) is 13.8 Å². The van der Waals surface area contributed by atoms with Gasteiger partial charge in [0, 0.05) is 6.07 Å². The maximum absolute atomic E-state index is 10.2. The number of hydrogen-bond acceptors (Lipinski definition) is 6. The number of aromatic nitrogens is 2. The molecule has 0 fully saturated rings. The molecule has 7 nitrogen and oxygen atoms in total. The Morgan fingerprint density at radius 3 is 2.94 bits per heavy atom. The van der Waals surface area contributed by atoms with E-state index in [0.29, 0.717) is 24.1 Å². The number of nitrogens with zero attached hydrogens (tertiary/aromatic N) is 2. The summed E-state index contributed by atoms with van der Waals surface area (Å²) >= 11 is 0. The lowest BCUT2D eigenvalue weighted by Gasteiger charge is -2.07. The summed E-state index contributed by atoms with van der Waals surface area (Å²) in [5.41, 5.74) is 2.40. The second-order valence-corrected chi connectivity index (χ2v) is 2.86. The summed E-state index contributed by atoms with van der Waals surface area (Å²) in [5, 5.41) is 8.36. The molecular formula is C9H13N3O4. The van der Waals surface area contributed by atoms with Crippen LogP contribution < -0.4 is 10.2 Å². The van der Waals surface area contributed by atoms with Gasteiger partial charge >= 0.3 is 5.97 Å². The first-order chi connectivity index (χ1) is 7.61. The first-order valence-electron chi connectivity index (χ1n) is 4.70. The highest BCUT2D eigenvalue weighted by Gasteiger charge is 2.03. The summed E-state index contributed by atoms with van der Waals surface area (Å²) in [6, 6.07) is 1.53. The number of ether oxygens (including phenoxy) is 1. The number of nitrogens with one attached hydrogen (secondary N) is 1. The quantitative estimate of drug-likeness (QED) is 0.687. The lowest BCUT2D eigenvalue weighted by atomic mass is 10.5. The third-order valence-electron chi connectivity index (χ3n) is 1.48. The predicted molar refractivity (Wildman–Crippen MR) is 55.1 cm³/mol. The Kier molecular flexibility index (Phi) is 4.46. The summed E-state index contributed by atoms with van der Waals surface area (Å²) in [7, 11) is 0. The van der Waals surface area contributed by atoms with Crippen LogP contribution in [0.1, 0.15) is 12.7 Å². The van der Waals surface area contributed by atoms with E-state index in [1.54, 1.807) is 6.92 Å². The highest BCUT2D eigenvalue weighted by Crippen LogP contribution is 2.12. The summed E-state index contributed by atoms with van der Waals surface area (Å²) < 4.78 is 5.19. The molecule has 0 aliphatic heterocycles. The van der Waals surface area contributed by atoms with E-state index in [9.17, 15) is 4.79 Å². The van der Waals surface area contributed by atoms with Crippen molar-refractivity contribution < 1.29 is 19.5 Å². The molecule has 0 saturated carbocycles. The first kappa shape index (κ1) is 12.2. The van der Waals surface area contributed by atoms with Crippen LogP contribution in [-0.4, -0.2) is 34.3 Å². The fourth-order valence-corrected chi connectivity index (χ4v) is 0.986.